The fraction of sp³-hybridized carbons (Fsp3) is 0.559. The van der Waals surface area contributed by atoms with Crippen molar-refractivity contribution in [2.45, 2.75) is 106 Å². The first-order chi connectivity index (χ1) is 25.5. The van der Waals surface area contributed by atoms with Crippen LogP contribution in [0.4, 0.5) is 0 Å². The van der Waals surface area contributed by atoms with Gasteiger partial charge in [0.2, 0.25) is 17.5 Å². The van der Waals surface area contributed by atoms with E-state index in [1.54, 1.807) is 0 Å². The Labute approximate surface area is 305 Å². The van der Waals surface area contributed by atoms with Gasteiger partial charge in [-0.15, -0.1) is 0 Å². The van der Waals surface area contributed by atoms with Gasteiger partial charge in [0.15, 0.2) is 29.8 Å². The quantitative estimate of drug-likeness (QED) is 0.107. The number of hydrogen-bond acceptors (Lipinski definition) is 20. The minimum atomic E-state index is -2.01. The van der Waals surface area contributed by atoms with Crippen LogP contribution in [-0.4, -0.2) is 162 Å². The average molecular weight is 771 g/mol. The van der Waals surface area contributed by atoms with E-state index in [4.69, 9.17) is 37.6 Å². The molecule has 3 aliphatic heterocycles. The van der Waals surface area contributed by atoms with E-state index in [1.165, 1.54) is 39.2 Å². The molecule has 1 aromatic heterocycles. The summed E-state index contributed by atoms with van der Waals surface area (Å²) in [5.41, 5.74) is -1.21. The number of methoxy groups -OCH3 is 1. The van der Waals surface area contributed by atoms with Crippen LogP contribution < -0.4 is 14.9 Å². The summed E-state index contributed by atoms with van der Waals surface area (Å²) in [4.78, 5) is 13.8. The number of aliphatic hydroxyl groups is 8. The van der Waals surface area contributed by atoms with Crippen molar-refractivity contribution in [1.82, 2.24) is 0 Å². The molecule has 6 rings (SSSR count). The van der Waals surface area contributed by atoms with E-state index in [0.29, 0.717) is 0 Å². The van der Waals surface area contributed by atoms with Gasteiger partial charge in [-0.05, 0) is 32.0 Å². The molecule has 0 saturated carbocycles. The van der Waals surface area contributed by atoms with Gasteiger partial charge in [0, 0.05) is 17.7 Å². The molecule has 20 nitrogen and oxygen atoms in total. The van der Waals surface area contributed by atoms with Gasteiger partial charge < -0.3 is 93.7 Å². The largest absolute Gasteiger partial charge is 0.508 e. The molecule has 15 atom stereocenters. The zero-order chi connectivity index (χ0) is 39.3. The summed E-state index contributed by atoms with van der Waals surface area (Å²) >= 11 is 0. The third-order valence-electron chi connectivity index (χ3n) is 9.57. The number of aliphatic hydroxyl groups excluding tert-OH is 8. The number of aromatic hydroxyl groups is 3. The summed E-state index contributed by atoms with van der Waals surface area (Å²) < 4.78 is 44.9. The molecule has 3 aromatic rings. The van der Waals surface area contributed by atoms with Crippen LogP contribution in [0.15, 0.2) is 39.5 Å². The summed E-state index contributed by atoms with van der Waals surface area (Å²) in [5, 5.41) is 115. The van der Waals surface area contributed by atoms with Crippen LogP contribution in [0.3, 0.4) is 0 Å². The molecule has 54 heavy (non-hydrogen) atoms. The SMILES string of the molecule is COc1cc(-c2oc3cc(O)cc(O)c3c(=O)c2O[C@@H]2O[C@H](CO[C@@H]3O[C@@H](C)[C@H](O)[C@@H](O[C@@H]4O[C@@H](C)[C@H](O)[C@@H](O)[C@H]4O)[C@H]3O)[C@@H](O)[C@H](O)[C@H]2O)ccc1O. The van der Waals surface area contributed by atoms with Gasteiger partial charge >= 0.3 is 0 Å². The van der Waals surface area contributed by atoms with E-state index in [1.807, 2.05) is 0 Å². The van der Waals surface area contributed by atoms with Crippen LogP contribution in [-0.2, 0) is 23.7 Å². The molecule has 0 bridgehead atoms. The summed E-state index contributed by atoms with van der Waals surface area (Å²) in [6, 6.07) is 5.75. The van der Waals surface area contributed by atoms with Crippen LogP contribution >= 0.6 is 0 Å². The first-order valence-electron chi connectivity index (χ1n) is 16.8. The second kappa shape index (κ2) is 15.7. The van der Waals surface area contributed by atoms with Crippen molar-refractivity contribution in [3.8, 4) is 40.1 Å². The normalized spacial score (nSPS) is 37.3. The van der Waals surface area contributed by atoms with Crippen LogP contribution in [0, 0.1) is 0 Å². The Hall–Kier alpha value is -3.87. The van der Waals surface area contributed by atoms with Crippen molar-refractivity contribution in [2.75, 3.05) is 13.7 Å². The number of phenols is 3. The van der Waals surface area contributed by atoms with Gasteiger partial charge in [0.25, 0.3) is 0 Å². The van der Waals surface area contributed by atoms with Crippen molar-refractivity contribution < 1.29 is 93.7 Å². The second-order valence-corrected chi connectivity index (χ2v) is 13.3. The fourth-order valence-corrected chi connectivity index (χ4v) is 6.42. The Kier molecular flexibility index (Phi) is 11.6. The topological polar surface area (TPSA) is 317 Å². The van der Waals surface area contributed by atoms with E-state index < -0.39 is 127 Å². The number of hydrogen-bond donors (Lipinski definition) is 11. The number of rotatable bonds is 9. The Balaban J connectivity index is 1.24. The molecular weight excluding hydrogens is 728 g/mol. The summed E-state index contributed by atoms with van der Waals surface area (Å²) in [6.07, 6.45) is -24.3. The average Bonchev–Trinajstić information content (AvgIpc) is 3.13. The second-order valence-electron chi connectivity index (χ2n) is 13.3. The van der Waals surface area contributed by atoms with Crippen molar-refractivity contribution in [1.29, 1.82) is 0 Å². The summed E-state index contributed by atoms with van der Waals surface area (Å²) in [5.74, 6) is -2.46. The van der Waals surface area contributed by atoms with Crippen LogP contribution in [0.25, 0.3) is 22.3 Å². The predicted octanol–water partition coefficient (Wildman–Crippen LogP) is -2.53. The van der Waals surface area contributed by atoms with E-state index in [9.17, 15) is 61.0 Å². The number of benzene rings is 2. The third-order valence-corrected chi connectivity index (χ3v) is 9.57. The highest BCUT2D eigenvalue weighted by Gasteiger charge is 2.51. The highest BCUT2D eigenvalue weighted by molar-refractivity contribution is 5.88. The number of ether oxygens (including phenoxy) is 7. The Morgan fingerprint density at radius 2 is 1.33 bits per heavy atom. The molecule has 20 heteroatoms. The first kappa shape index (κ1) is 39.8. The van der Waals surface area contributed by atoms with E-state index in [-0.39, 0.29) is 28.4 Å². The Bertz CT molecular complexity index is 1850. The molecular formula is C34H42O20. The molecule has 3 saturated heterocycles. The van der Waals surface area contributed by atoms with Crippen molar-refractivity contribution in [2.24, 2.45) is 0 Å². The van der Waals surface area contributed by atoms with Gasteiger partial charge in [-0.2, -0.15) is 0 Å². The standard InChI is InChI=1S/C34H42O20/c1-10-20(38)24(42)26(44)33(50-10)53-30-21(39)11(2)49-32(28(30)46)48-9-18-22(40)25(43)27(45)34(52-18)54-31-23(41)19-15(37)7-13(35)8-17(19)51-29(31)12-4-5-14(36)16(6-12)47-3/h4-8,10-11,18,20-22,24-28,30,32-40,42-46H,9H2,1-3H3/t10-,11-,18+,20-,21-,22+,24+,25-,26+,27+,28+,30+,32+,33-,34-/m0/s1. The minimum absolute atomic E-state index is 0.0420. The highest BCUT2D eigenvalue weighted by atomic mass is 16.7. The van der Waals surface area contributed by atoms with E-state index in [2.05, 4.69) is 0 Å². The molecule has 2 aromatic carbocycles. The van der Waals surface area contributed by atoms with E-state index >= 15 is 0 Å². The summed E-state index contributed by atoms with van der Waals surface area (Å²) in [7, 11) is 1.27. The molecule has 0 amide bonds. The monoisotopic (exact) mass is 770 g/mol. The molecule has 0 spiro atoms. The van der Waals surface area contributed by atoms with Crippen molar-refractivity contribution in [3.05, 3.63) is 40.6 Å². The molecule has 3 aliphatic rings. The lowest BCUT2D eigenvalue weighted by Crippen LogP contribution is -2.64. The number of fused-ring (bicyclic) bond motifs is 1. The zero-order valence-corrected chi connectivity index (χ0v) is 28.8. The molecule has 298 valence electrons. The molecule has 11 N–H and O–H groups in total. The Morgan fingerprint density at radius 1 is 0.685 bits per heavy atom. The van der Waals surface area contributed by atoms with E-state index in [0.717, 1.165) is 12.1 Å². The molecule has 0 aliphatic carbocycles. The third kappa shape index (κ3) is 7.41. The molecule has 0 unspecified atom stereocenters. The van der Waals surface area contributed by atoms with Crippen molar-refractivity contribution in [3.63, 3.8) is 0 Å². The van der Waals surface area contributed by atoms with Gasteiger partial charge in [0.05, 0.1) is 25.9 Å². The highest BCUT2D eigenvalue weighted by Crippen LogP contribution is 2.40. The maximum absolute atomic E-state index is 13.8. The predicted molar refractivity (Wildman–Crippen MR) is 176 cm³/mol. The zero-order valence-electron chi connectivity index (χ0n) is 28.8. The maximum atomic E-state index is 13.8. The van der Waals surface area contributed by atoms with Gasteiger partial charge in [0.1, 0.15) is 83.5 Å². The van der Waals surface area contributed by atoms with Gasteiger partial charge in [-0.1, -0.05) is 0 Å². The molecule has 4 heterocycles. The van der Waals surface area contributed by atoms with Crippen LogP contribution in [0.1, 0.15) is 13.8 Å². The molecule has 0 radical (unpaired) electrons. The minimum Gasteiger partial charge on any atom is -0.508 e. The maximum Gasteiger partial charge on any atom is 0.239 e. The lowest BCUT2D eigenvalue weighted by atomic mass is 9.97. The van der Waals surface area contributed by atoms with Crippen LogP contribution in [0.5, 0.6) is 28.7 Å². The van der Waals surface area contributed by atoms with Gasteiger partial charge in [-0.3, -0.25) is 4.79 Å². The lowest BCUT2D eigenvalue weighted by Gasteiger charge is -2.46. The Morgan fingerprint density at radius 3 is 2.04 bits per heavy atom. The fourth-order valence-electron chi connectivity index (χ4n) is 6.42. The van der Waals surface area contributed by atoms with Crippen LogP contribution in [0.2, 0.25) is 0 Å². The first-order valence-corrected chi connectivity index (χ1v) is 16.8. The number of phenolic OH excluding ortho intramolecular Hbond substituents is 3. The lowest BCUT2D eigenvalue weighted by molar-refractivity contribution is -0.358. The van der Waals surface area contributed by atoms with Gasteiger partial charge in [-0.25, -0.2) is 0 Å². The van der Waals surface area contributed by atoms with Crippen molar-refractivity contribution >= 4 is 11.0 Å². The molecule has 3 fully saturated rings. The smallest absolute Gasteiger partial charge is 0.239 e. The summed E-state index contributed by atoms with van der Waals surface area (Å²) in [6.45, 7) is 2.14.